The molecule has 3 nitrogen and oxygen atoms in total. The smallest absolute Gasteiger partial charge is 0.310 e. The fourth-order valence-corrected chi connectivity index (χ4v) is 4.08. The number of esters is 1. The molecule has 1 aromatic rings. The largest absolute Gasteiger partial charge is 0.469 e. The molecule has 2 unspecified atom stereocenters. The van der Waals surface area contributed by atoms with Crippen LogP contribution < -0.4 is 0 Å². The maximum absolute atomic E-state index is 12.3. The van der Waals surface area contributed by atoms with Crippen LogP contribution in [0.1, 0.15) is 36.3 Å². The lowest BCUT2D eigenvalue weighted by molar-refractivity contribution is -0.150. The minimum atomic E-state index is -0.0484. The molecule has 3 heteroatoms. The molecule has 2 fully saturated rings. The van der Waals surface area contributed by atoms with Gasteiger partial charge in [0.25, 0.3) is 0 Å². The first-order valence-corrected chi connectivity index (χ1v) is 7.48. The summed E-state index contributed by atoms with van der Waals surface area (Å²) in [4.78, 5) is 14.7. The number of hydrogen-bond donors (Lipinski definition) is 0. The molecule has 3 rings (SSSR count). The molecule has 0 amide bonds. The molecule has 2 saturated heterocycles. The number of aryl methyl sites for hydroxylation is 1. The van der Waals surface area contributed by atoms with Crippen molar-refractivity contribution >= 4 is 5.97 Å². The molecule has 0 aromatic heterocycles. The molecule has 2 heterocycles. The van der Waals surface area contributed by atoms with Gasteiger partial charge in [0, 0.05) is 18.0 Å². The topological polar surface area (TPSA) is 29.5 Å². The molecule has 2 aliphatic rings. The van der Waals surface area contributed by atoms with Gasteiger partial charge in [-0.2, -0.15) is 0 Å². The highest BCUT2D eigenvalue weighted by molar-refractivity contribution is 5.75. The van der Waals surface area contributed by atoms with Crippen molar-refractivity contribution in [2.24, 2.45) is 5.92 Å². The van der Waals surface area contributed by atoms with Crippen molar-refractivity contribution in [2.45, 2.75) is 44.2 Å². The van der Waals surface area contributed by atoms with E-state index < -0.39 is 0 Å². The van der Waals surface area contributed by atoms with Crippen molar-refractivity contribution in [3.63, 3.8) is 0 Å². The average Bonchev–Trinajstić information content (AvgIpc) is 2.70. The van der Waals surface area contributed by atoms with Gasteiger partial charge < -0.3 is 4.74 Å². The molecule has 20 heavy (non-hydrogen) atoms. The predicted molar refractivity (Wildman–Crippen MR) is 78.6 cm³/mol. The van der Waals surface area contributed by atoms with Gasteiger partial charge in [-0.25, -0.2) is 0 Å². The van der Waals surface area contributed by atoms with Gasteiger partial charge in [-0.1, -0.05) is 29.8 Å². The molecule has 108 valence electrons. The Bertz CT molecular complexity index is 496. The summed E-state index contributed by atoms with van der Waals surface area (Å²) in [6.07, 6.45) is 3.39. The van der Waals surface area contributed by atoms with Crippen LogP contribution in [0.15, 0.2) is 24.3 Å². The minimum absolute atomic E-state index is 0.0218. The highest BCUT2D eigenvalue weighted by Gasteiger charge is 2.49. The van der Waals surface area contributed by atoms with E-state index in [9.17, 15) is 4.79 Å². The van der Waals surface area contributed by atoms with Crippen molar-refractivity contribution in [3.05, 3.63) is 35.4 Å². The third-order valence-corrected chi connectivity index (χ3v) is 5.25. The van der Waals surface area contributed by atoms with E-state index >= 15 is 0 Å². The number of hydrogen-bond acceptors (Lipinski definition) is 3. The Morgan fingerprint density at radius 3 is 2.60 bits per heavy atom. The van der Waals surface area contributed by atoms with E-state index in [1.165, 1.54) is 24.7 Å². The number of benzene rings is 1. The molecule has 0 spiro atoms. The first-order chi connectivity index (χ1) is 9.61. The van der Waals surface area contributed by atoms with E-state index in [0.29, 0.717) is 18.0 Å². The number of rotatable bonds is 2. The summed E-state index contributed by atoms with van der Waals surface area (Å²) in [5.74, 6) is 0.232. The lowest BCUT2D eigenvalue weighted by atomic mass is 9.76. The average molecular weight is 273 g/mol. The SMILES string of the molecule is COC(=O)[C@H]1C2CCC(C[C@@H]1c1ccc(C)cc1)N2C. The Kier molecular flexibility index (Phi) is 3.55. The van der Waals surface area contributed by atoms with Crippen molar-refractivity contribution in [1.82, 2.24) is 4.90 Å². The quantitative estimate of drug-likeness (QED) is 0.776. The third kappa shape index (κ3) is 2.14. The van der Waals surface area contributed by atoms with E-state index in [-0.39, 0.29) is 11.9 Å². The number of nitrogens with zero attached hydrogens (tertiary/aromatic N) is 1. The van der Waals surface area contributed by atoms with Crippen molar-refractivity contribution in [2.75, 3.05) is 14.2 Å². The Hall–Kier alpha value is -1.35. The fraction of sp³-hybridized carbons (Fsp3) is 0.588. The summed E-state index contributed by atoms with van der Waals surface area (Å²) in [6.45, 7) is 2.10. The van der Waals surface area contributed by atoms with Crippen molar-refractivity contribution in [3.8, 4) is 0 Å². The van der Waals surface area contributed by atoms with Crippen LogP contribution in [-0.2, 0) is 9.53 Å². The summed E-state index contributed by atoms with van der Waals surface area (Å²) in [7, 11) is 3.67. The molecule has 2 bridgehead atoms. The molecule has 2 aliphatic heterocycles. The molecule has 0 aliphatic carbocycles. The number of fused-ring (bicyclic) bond motifs is 2. The Balaban J connectivity index is 1.95. The van der Waals surface area contributed by atoms with Crippen LogP contribution in [0.3, 0.4) is 0 Å². The molecule has 0 N–H and O–H groups in total. The van der Waals surface area contributed by atoms with E-state index in [1.807, 2.05) is 0 Å². The molecular formula is C17H23NO2. The maximum Gasteiger partial charge on any atom is 0.310 e. The number of methoxy groups -OCH3 is 1. The van der Waals surface area contributed by atoms with Gasteiger partial charge in [0.15, 0.2) is 0 Å². The van der Waals surface area contributed by atoms with Crippen LogP contribution >= 0.6 is 0 Å². The van der Waals surface area contributed by atoms with E-state index in [2.05, 4.69) is 43.1 Å². The second-order valence-electron chi connectivity index (χ2n) is 6.27. The molecule has 1 aromatic carbocycles. The summed E-state index contributed by atoms with van der Waals surface area (Å²) in [5.41, 5.74) is 2.55. The Morgan fingerprint density at radius 1 is 1.25 bits per heavy atom. The standard InChI is InChI=1S/C17H23NO2/c1-11-4-6-12(7-5-11)14-10-13-8-9-15(18(13)2)16(14)17(19)20-3/h4-7,13-16H,8-10H2,1-3H3/t13?,14-,15?,16-/m1/s1. The Morgan fingerprint density at radius 2 is 1.95 bits per heavy atom. The van der Waals surface area contributed by atoms with Crippen LogP contribution in [0.5, 0.6) is 0 Å². The van der Waals surface area contributed by atoms with Crippen LogP contribution in [0.2, 0.25) is 0 Å². The molecule has 0 radical (unpaired) electrons. The second kappa shape index (κ2) is 5.21. The molecule has 0 saturated carbocycles. The number of piperidine rings is 1. The number of ether oxygens (including phenoxy) is 1. The molecule has 4 atom stereocenters. The van der Waals surface area contributed by atoms with Gasteiger partial charge in [0.2, 0.25) is 0 Å². The zero-order valence-electron chi connectivity index (χ0n) is 12.5. The second-order valence-corrected chi connectivity index (χ2v) is 6.27. The first kappa shape index (κ1) is 13.6. The highest BCUT2D eigenvalue weighted by atomic mass is 16.5. The summed E-state index contributed by atoms with van der Waals surface area (Å²) < 4.78 is 5.10. The van der Waals surface area contributed by atoms with Crippen LogP contribution in [0, 0.1) is 12.8 Å². The van der Waals surface area contributed by atoms with E-state index in [4.69, 9.17) is 4.74 Å². The summed E-state index contributed by atoms with van der Waals surface area (Å²) >= 11 is 0. The van der Waals surface area contributed by atoms with Gasteiger partial charge in [0.1, 0.15) is 0 Å². The van der Waals surface area contributed by atoms with Gasteiger partial charge in [-0.15, -0.1) is 0 Å². The van der Waals surface area contributed by atoms with Gasteiger partial charge in [0.05, 0.1) is 13.0 Å². The van der Waals surface area contributed by atoms with Gasteiger partial charge in [-0.3, -0.25) is 9.69 Å². The minimum Gasteiger partial charge on any atom is -0.469 e. The monoisotopic (exact) mass is 273 g/mol. The number of carbonyl (C=O) groups excluding carboxylic acids is 1. The first-order valence-electron chi connectivity index (χ1n) is 7.48. The van der Waals surface area contributed by atoms with Crippen molar-refractivity contribution < 1.29 is 9.53 Å². The van der Waals surface area contributed by atoms with E-state index in [1.54, 1.807) is 0 Å². The third-order valence-electron chi connectivity index (χ3n) is 5.25. The normalized spacial score (nSPS) is 33.1. The summed E-state index contributed by atoms with van der Waals surface area (Å²) in [6, 6.07) is 9.61. The molecular weight excluding hydrogens is 250 g/mol. The van der Waals surface area contributed by atoms with Gasteiger partial charge >= 0.3 is 5.97 Å². The zero-order valence-corrected chi connectivity index (χ0v) is 12.5. The van der Waals surface area contributed by atoms with Gasteiger partial charge in [-0.05, 0) is 38.8 Å². The zero-order chi connectivity index (χ0) is 14.3. The lowest BCUT2D eigenvalue weighted by Crippen LogP contribution is -2.49. The van der Waals surface area contributed by atoms with Crippen molar-refractivity contribution in [1.29, 1.82) is 0 Å². The van der Waals surface area contributed by atoms with Crippen LogP contribution in [0.4, 0.5) is 0 Å². The lowest BCUT2D eigenvalue weighted by Gasteiger charge is -2.41. The summed E-state index contributed by atoms with van der Waals surface area (Å²) in [5, 5.41) is 0. The van der Waals surface area contributed by atoms with Crippen LogP contribution in [0.25, 0.3) is 0 Å². The number of carbonyl (C=O) groups is 1. The predicted octanol–water partition coefficient (Wildman–Crippen LogP) is 2.73. The van der Waals surface area contributed by atoms with Crippen LogP contribution in [-0.4, -0.2) is 37.1 Å². The maximum atomic E-state index is 12.3. The highest BCUT2D eigenvalue weighted by Crippen LogP contribution is 2.46. The van der Waals surface area contributed by atoms with E-state index in [0.717, 1.165) is 12.8 Å². The fourth-order valence-electron chi connectivity index (χ4n) is 4.08. The Labute approximate surface area is 120 Å².